The maximum absolute atomic E-state index is 13.6. The van der Waals surface area contributed by atoms with Crippen molar-refractivity contribution in [1.82, 2.24) is 0 Å². The van der Waals surface area contributed by atoms with Crippen molar-refractivity contribution in [3.8, 4) is 23.0 Å². The summed E-state index contributed by atoms with van der Waals surface area (Å²) in [6.45, 7) is 4.21. The van der Waals surface area contributed by atoms with Gasteiger partial charge in [0.05, 0.1) is 24.2 Å². The molecule has 2 atom stereocenters. The molecule has 3 aliphatic heterocycles. The Kier molecular flexibility index (Phi) is 4.88. The molecule has 3 aliphatic rings. The quantitative estimate of drug-likeness (QED) is 0.652. The van der Waals surface area contributed by atoms with E-state index in [9.17, 15) is 8.68 Å². The highest BCUT2D eigenvalue weighted by Crippen LogP contribution is 2.48. The average Bonchev–Trinajstić information content (AvgIpc) is 2.75. The minimum Gasteiger partial charge on any atom is -0.496 e. The predicted octanol–water partition coefficient (Wildman–Crippen LogP) is 5.16. The van der Waals surface area contributed by atoms with E-state index in [2.05, 4.69) is 0 Å². The molecule has 0 spiro atoms. The number of carbonyl (C=O) groups is 1. The van der Waals surface area contributed by atoms with Gasteiger partial charge >= 0.3 is 0 Å². The van der Waals surface area contributed by atoms with Gasteiger partial charge in [0.25, 0.3) is 0 Å². The van der Waals surface area contributed by atoms with Crippen molar-refractivity contribution in [3.05, 3.63) is 52.6 Å². The molecule has 2 aromatic carbocycles. The Balaban J connectivity index is 1.57. The molecule has 5 rings (SSSR count). The van der Waals surface area contributed by atoms with Gasteiger partial charge in [-0.05, 0) is 56.2 Å². The average molecular weight is 443 g/mol. The van der Waals surface area contributed by atoms with Crippen LogP contribution in [0.4, 0.5) is 3.89 Å². The largest absolute Gasteiger partial charge is 0.496 e. The number of halogens is 1. The molecule has 7 heteroatoms. The van der Waals surface area contributed by atoms with E-state index in [-0.39, 0.29) is 24.5 Å². The lowest BCUT2D eigenvalue weighted by Crippen LogP contribution is -2.43. The number of fused-ring (bicyclic) bond motifs is 6. The topological polar surface area (TPSA) is 54.0 Å². The van der Waals surface area contributed by atoms with Gasteiger partial charge in [-0.2, -0.15) is 3.89 Å². The zero-order valence-electron chi connectivity index (χ0n) is 17.6. The fourth-order valence-electron chi connectivity index (χ4n) is 4.48. The van der Waals surface area contributed by atoms with Gasteiger partial charge in [0.15, 0.2) is 5.78 Å². The number of ether oxygens (including phenoxy) is 4. The monoisotopic (exact) mass is 442 g/mol. The van der Waals surface area contributed by atoms with E-state index >= 15 is 0 Å². The summed E-state index contributed by atoms with van der Waals surface area (Å²) in [5, 5.41) is 0. The molecule has 0 saturated heterocycles. The van der Waals surface area contributed by atoms with E-state index in [1.807, 2.05) is 38.1 Å². The molecule has 0 bridgehead atoms. The summed E-state index contributed by atoms with van der Waals surface area (Å²) < 4.78 is 36.5. The molecule has 5 nitrogen and oxygen atoms in total. The highest BCUT2D eigenvalue weighted by molar-refractivity contribution is 7.94. The van der Waals surface area contributed by atoms with Crippen molar-refractivity contribution in [2.75, 3.05) is 19.5 Å². The SMILES string of the molecule is COc1cc2c(cc1CCSF)[C@@H]1C(=O)c3ccc4c(c3O[C@@H]1CO2)C=CC(C)(C)O4. The van der Waals surface area contributed by atoms with Crippen LogP contribution in [0, 0.1) is 0 Å². The number of hydrogen-bond donors (Lipinski definition) is 0. The van der Waals surface area contributed by atoms with Crippen molar-refractivity contribution in [1.29, 1.82) is 0 Å². The van der Waals surface area contributed by atoms with Crippen LogP contribution >= 0.6 is 12.1 Å². The van der Waals surface area contributed by atoms with E-state index in [0.29, 0.717) is 40.7 Å². The third-order valence-electron chi connectivity index (χ3n) is 5.97. The normalized spacial score (nSPS) is 22.1. The maximum Gasteiger partial charge on any atom is 0.178 e. The Morgan fingerprint density at radius 2 is 2.10 bits per heavy atom. The van der Waals surface area contributed by atoms with Crippen molar-refractivity contribution in [2.45, 2.75) is 37.9 Å². The summed E-state index contributed by atoms with van der Waals surface area (Å²) in [7, 11) is 1.57. The molecule has 0 unspecified atom stereocenters. The van der Waals surface area contributed by atoms with Crippen LogP contribution < -0.4 is 18.9 Å². The lowest BCUT2D eigenvalue weighted by Gasteiger charge is -2.39. The second-order valence-electron chi connectivity index (χ2n) is 8.47. The third kappa shape index (κ3) is 3.35. The smallest absolute Gasteiger partial charge is 0.178 e. The first-order valence-electron chi connectivity index (χ1n) is 10.2. The summed E-state index contributed by atoms with van der Waals surface area (Å²) in [6.07, 6.45) is 3.97. The van der Waals surface area contributed by atoms with Crippen molar-refractivity contribution in [3.63, 3.8) is 0 Å². The Hall–Kier alpha value is -2.67. The van der Waals surface area contributed by atoms with Gasteiger partial charge in [-0.15, -0.1) is 0 Å². The van der Waals surface area contributed by atoms with Crippen molar-refractivity contribution in [2.24, 2.45) is 0 Å². The van der Waals surface area contributed by atoms with Gasteiger partial charge in [-0.25, -0.2) is 0 Å². The first kappa shape index (κ1) is 20.2. The van der Waals surface area contributed by atoms with Gasteiger partial charge in [-0.1, -0.05) is 0 Å². The zero-order valence-corrected chi connectivity index (χ0v) is 18.4. The molecule has 2 aromatic rings. The molecule has 0 fully saturated rings. The van der Waals surface area contributed by atoms with E-state index in [1.54, 1.807) is 19.2 Å². The molecular weight excluding hydrogens is 419 g/mol. The number of carbonyl (C=O) groups excluding carboxylic acids is 1. The van der Waals surface area contributed by atoms with Gasteiger partial charge in [0.2, 0.25) is 0 Å². The highest BCUT2D eigenvalue weighted by atomic mass is 32.2. The van der Waals surface area contributed by atoms with E-state index in [0.717, 1.165) is 16.7 Å². The Morgan fingerprint density at radius 1 is 1.26 bits per heavy atom. The van der Waals surface area contributed by atoms with Crippen LogP contribution in [0.25, 0.3) is 6.08 Å². The Bertz CT molecular complexity index is 1090. The molecule has 0 amide bonds. The summed E-state index contributed by atoms with van der Waals surface area (Å²) >= 11 is 0.283. The maximum atomic E-state index is 13.6. The molecular formula is C24H23FO5S. The number of aryl methyl sites for hydroxylation is 1. The molecule has 3 heterocycles. The molecule has 0 N–H and O–H groups in total. The first-order valence-corrected chi connectivity index (χ1v) is 11.1. The van der Waals surface area contributed by atoms with Crippen molar-refractivity contribution < 1.29 is 27.6 Å². The van der Waals surface area contributed by atoms with Crippen LogP contribution in [0.1, 0.15) is 46.8 Å². The van der Waals surface area contributed by atoms with Gasteiger partial charge in [-0.3, -0.25) is 4.79 Å². The predicted molar refractivity (Wildman–Crippen MR) is 117 cm³/mol. The number of rotatable bonds is 4. The second kappa shape index (κ2) is 7.48. The fourth-order valence-corrected chi connectivity index (χ4v) is 4.77. The molecule has 0 radical (unpaired) electrons. The number of ketones is 1. The molecule has 0 saturated carbocycles. The molecule has 0 aliphatic carbocycles. The van der Waals surface area contributed by atoms with E-state index in [4.69, 9.17) is 18.9 Å². The fraction of sp³-hybridized carbons (Fsp3) is 0.375. The summed E-state index contributed by atoms with van der Waals surface area (Å²) in [6, 6.07) is 7.30. The van der Waals surface area contributed by atoms with E-state index < -0.39 is 17.6 Å². The summed E-state index contributed by atoms with van der Waals surface area (Å²) in [5.74, 6) is 2.31. The summed E-state index contributed by atoms with van der Waals surface area (Å²) in [5.41, 5.74) is 2.51. The minimum absolute atomic E-state index is 0.00665. The summed E-state index contributed by atoms with van der Waals surface area (Å²) in [4.78, 5) is 13.6. The molecule has 31 heavy (non-hydrogen) atoms. The van der Waals surface area contributed by atoms with Crippen LogP contribution in [0.5, 0.6) is 23.0 Å². The van der Waals surface area contributed by atoms with Crippen LogP contribution in [0.2, 0.25) is 0 Å². The first-order chi connectivity index (χ1) is 14.9. The third-order valence-corrected chi connectivity index (χ3v) is 6.33. The van der Waals surface area contributed by atoms with Gasteiger partial charge in [0.1, 0.15) is 41.3 Å². The minimum atomic E-state index is -0.484. The lowest BCUT2D eigenvalue weighted by atomic mass is 9.80. The van der Waals surface area contributed by atoms with E-state index in [1.165, 1.54) is 0 Å². The van der Waals surface area contributed by atoms with Crippen LogP contribution in [-0.4, -0.2) is 37.0 Å². The molecule has 162 valence electrons. The standard InChI is InChI=1S/C24H23FO5S/c1-24(2)8-6-14-17(30-24)5-4-15-22(26)21-16-10-13(7-9-31-25)18(27-3)11-19(16)28-12-20(21)29-23(14)15/h4-6,8,10-11,20-21H,7,9,12H2,1-3H3/t20-,21+/m1/s1. The van der Waals surface area contributed by atoms with Gasteiger partial charge < -0.3 is 18.9 Å². The number of Topliss-reactive ketones (excluding diaryl/α,β-unsaturated/α-hetero) is 1. The molecule has 0 aromatic heterocycles. The number of hydrogen-bond acceptors (Lipinski definition) is 6. The van der Waals surface area contributed by atoms with Crippen molar-refractivity contribution >= 4 is 24.0 Å². The number of methoxy groups -OCH3 is 1. The lowest BCUT2D eigenvalue weighted by molar-refractivity contribution is 0.0553. The van der Waals surface area contributed by atoms with Crippen LogP contribution in [-0.2, 0) is 6.42 Å². The van der Waals surface area contributed by atoms with Crippen LogP contribution in [0.15, 0.2) is 30.3 Å². The Labute approximate surface area is 184 Å². The van der Waals surface area contributed by atoms with Crippen LogP contribution in [0.3, 0.4) is 0 Å². The number of benzene rings is 2. The van der Waals surface area contributed by atoms with Gasteiger partial charge in [0, 0.05) is 29.5 Å². The highest BCUT2D eigenvalue weighted by Gasteiger charge is 2.44. The second-order valence-corrected chi connectivity index (χ2v) is 9.09. The zero-order chi connectivity index (χ0) is 21.8. The Morgan fingerprint density at radius 3 is 2.87 bits per heavy atom.